The average Bonchev–Trinajstić information content (AvgIpc) is 1.57. The second-order valence-electron chi connectivity index (χ2n) is 27.0. The number of benzene rings is 6. The number of aliphatic hydroxyl groups excluding tert-OH is 1. The van der Waals surface area contributed by atoms with E-state index in [1.807, 2.05) is 66.9 Å². The largest absolute Gasteiger partial charge is 0.493 e. The number of nitrogens with zero attached hydrogens (tertiary/aromatic N) is 4. The first-order valence-electron chi connectivity index (χ1n) is 34.8. The number of carbonyl (C=O) groups is 9. The van der Waals surface area contributed by atoms with E-state index in [2.05, 4.69) is 43.7 Å². The molecule has 1 aliphatic carbocycles. The van der Waals surface area contributed by atoms with E-state index < -0.39 is 79.0 Å². The van der Waals surface area contributed by atoms with Crippen LogP contribution in [0.15, 0.2) is 121 Å². The van der Waals surface area contributed by atoms with Crippen LogP contribution >= 0.6 is 0 Å². The van der Waals surface area contributed by atoms with Crippen molar-refractivity contribution in [3.63, 3.8) is 0 Å². The van der Waals surface area contributed by atoms with Gasteiger partial charge in [0.25, 0.3) is 11.8 Å². The van der Waals surface area contributed by atoms with Crippen LogP contribution in [0, 0.1) is 23.2 Å². The molecule has 1 spiro atoms. The molecule has 5 aliphatic heterocycles. The van der Waals surface area contributed by atoms with Crippen LogP contribution in [0.4, 0.5) is 27.5 Å². The van der Waals surface area contributed by atoms with Gasteiger partial charge in [0, 0.05) is 67.5 Å². The van der Waals surface area contributed by atoms with Crippen molar-refractivity contribution in [1.29, 1.82) is 0 Å². The molecule has 1 unspecified atom stereocenters. The van der Waals surface area contributed by atoms with Crippen LogP contribution < -0.4 is 70.1 Å². The molecule has 548 valence electrons. The van der Waals surface area contributed by atoms with Gasteiger partial charge in [0.15, 0.2) is 40.7 Å². The number of ether oxygens (including phenoxy) is 7. The summed E-state index contributed by atoms with van der Waals surface area (Å²) in [5.41, 5.74) is 6.73. The Morgan fingerprint density at radius 3 is 2.04 bits per heavy atom. The van der Waals surface area contributed by atoms with E-state index in [-0.39, 0.29) is 91.1 Å². The van der Waals surface area contributed by atoms with Crippen LogP contribution in [0.25, 0.3) is 5.57 Å². The number of para-hydroxylation sites is 1. The molecule has 9 amide bonds. The van der Waals surface area contributed by atoms with Gasteiger partial charge in [-0.3, -0.25) is 38.4 Å². The van der Waals surface area contributed by atoms with Gasteiger partial charge in [-0.25, -0.2) is 9.69 Å². The summed E-state index contributed by atoms with van der Waals surface area (Å²) in [6, 6.07) is 30.2. The highest BCUT2D eigenvalue weighted by Gasteiger charge is 2.58. The number of amides is 9. The lowest BCUT2D eigenvalue weighted by Gasteiger charge is -2.31. The predicted octanol–water partition coefficient (Wildman–Crippen LogP) is 7.26. The van der Waals surface area contributed by atoms with Gasteiger partial charge in [-0.15, -0.1) is 0 Å². The number of anilines is 4. The van der Waals surface area contributed by atoms with E-state index in [1.54, 1.807) is 85.2 Å². The number of methoxy groups -OCH3 is 4. The molecule has 7 N–H and O–H groups in total. The van der Waals surface area contributed by atoms with Crippen LogP contribution in [0.3, 0.4) is 0 Å². The fraction of sp³-hybridized carbons (Fsp3) is 0.372. The summed E-state index contributed by atoms with van der Waals surface area (Å²) in [6.07, 6.45) is 2.29. The second kappa shape index (κ2) is 31.8. The minimum absolute atomic E-state index is 0.0526. The second-order valence-corrected chi connectivity index (χ2v) is 27.0. The highest BCUT2D eigenvalue weighted by atomic mass is 16.6. The Morgan fingerprint density at radius 1 is 0.667 bits per heavy atom. The van der Waals surface area contributed by atoms with Crippen molar-refractivity contribution in [2.24, 2.45) is 11.3 Å². The molecule has 0 bridgehead atoms. The summed E-state index contributed by atoms with van der Waals surface area (Å²) < 4.78 is 40.9. The molecular formula is C78H84N10O17. The van der Waals surface area contributed by atoms with E-state index in [4.69, 9.17) is 33.2 Å². The van der Waals surface area contributed by atoms with Gasteiger partial charge in [0.1, 0.15) is 18.7 Å². The summed E-state index contributed by atoms with van der Waals surface area (Å²) >= 11 is 0. The number of hydrogen-bond donors (Lipinski definition) is 7. The van der Waals surface area contributed by atoms with Gasteiger partial charge in [0.05, 0.1) is 102 Å². The molecule has 2 fully saturated rings. The minimum Gasteiger partial charge on any atom is -0.493 e. The fourth-order valence-electron chi connectivity index (χ4n) is 13.6. The lowest BCUT2D eigenvalue weighted by Crippen LogP contribution is -2.55. The van der Waals surface area contributed by atoms with Crippen molar-refractivity contribution in [1.82, 2.24) is 31.1 Å². The van der Waals surface area contributed by atoms with Gasteiger partial charge in [-0.05, 0) is 121 Å². The number of fused-ring (bicyclic) bond motifs is 6. The Balaban J connectivity index is 0.608. The van der Waals surface area contributed by atoms with Crippen molar-refractivity contribution < 1.29 is 81.4 Å². The summed E-state index contributed by atoms with van der Waals surface area (Å²) in [4.78, 5) is 128. The molecule has 6 aromatic carbocycles. The molecule has 105 heavy (non-hydrogen) atoms. The van der Waals surface area contributed by atoms with Crippen molar-refractivity contribution in [2.45, 2.75) is 109 Å². The molecule has 5 atom stereocenters. The standard InChI is InChI=1S/C78H84N10O17/c1-45(2)71(84-69(91)40-81-68(90)39-80-67(89)25-26-70(92)86-41-51-15-9-8-13-48(51)19-20-49-14-10-11-16-58(49)86)73(94)82-46(3)72(93)83-53-22-17-47(18-23-53)43-105-77(98)88-59-36-66(64(102-7)34-56(59)75(96)87-44-78(27-28-78)37-60(87)76(88)97)104-30-12-29-103-65-35-57-55(33-63(65)101-6)74(95)85-42-52(31-54(85)38-79-57)50-21-24-61(99-4)62(32-50)100-5/h8-11,13-18,21-24,32-36,42,45-46,54,60,71,76,79,97H,12,25-31,37-41,43-44H2,1-7H3,(H,80,89)(H,81,90)(H,82,94)(H,83,93)(H,84,91)/t46-,54-,60-,71-,76?/m0/s1. The molecule has 1 saturated heterocycles. The van der Waals surface area contributed by atoms with E-state index in [0.29, 0.717) is 89.1 Å². The highest BCUT2D eigenvalue weighted by Crippen LogP contribution is 2.57. The normalized spacial score (nSPS) is 17.5. The Hall–Kier alpha value is -11.8. The number of nitrogens with one attached hydrogen (secondary N) is 6. The Bertz CT molecular complexity index is 4490. The molecule has 27 nitrogen and oxygen atoms in total. The van der Waals surface area contributed by atoms with Crippen LogP contribution in [-0.2, 0) is 46.7 Å². The third-order valence-electron chi connectivity index (χ3n) is 19.6. The minimum atomic E-state index is -1.51. The molecule has 1 saturated carbocycles. The summed E-state index contributed by atoms with van der Waals surface area (Å²) in [6.45, 7) is 4.96. The van der Waals surface area contributed by atoms with E-state index >= 15 is 0 Å². The van der Waals surface area contributed by atoms with Gasteiger partial charge in [-0.2, -0.15) is 0 Å². The monoisotopic (exact) mass is 1430 g/mol. The first-order valence-corrected chi connectivity index (χ1v) is 34.8. The topological polar surface area (TPSA) is 324 Å². The van der Waals surface area contributed by atoms with Gasteiger partial charge < -0.3 is 84.9 Å². The Labute approximate surface area is 607 Å². The molecular weight excluding hydrogens is 1350 g/mol. The zero-order valence-corrected chi connectivity index (χ0v) is 59.4. The molecule has 27 heteroatoms. The number of rotatable bonds is 26. The van der Waals surface area contributed by atoms with E-state index in [0.717, 1.165) is 40.0 Å². The summed E-state index contributed by atoms with van der Waals surface area (Å²) in [5, 5.41) is 28.5. The Morgan fingerprint density at radius 2 is 1.32 bits per heavy atom. The highest BCUT2D eigenvalue weighted by molar-refractivity contribution is 6.07. The molecule has 0 radical (unpaired) electrons. The third kappa shape index (κ3) is 16.4. The number of carbonyl (C=O) groups excluding carboxylic acids is 9. The first-order chi connectivity index (χ1) is 50.6. The maximum absolute atomic E-state index is 14.5. The SMILES string of the molecule is COc1ccc(C2=CN3C(=O)c4cc(OC)c(OCCCOc5cc6c(cc5OC)C(=O)N5CC7(CC7)C[C@H]5C(O)N6C(=O)OCc5ccc(NC(=O)[C@H](C)NC(=O)[C@@H](NC(=O)CNC(=O)CNC(=O)CCC(=O)N6Cc7ccccc7C#Cc7ccccc76)C(C)C)cc5)cc4NC[C@@H]3C2)cc1OC. The summed E-state index contributed by atoms with van der Waals surface area (Å²) in [7, 11) is 6.10. The van der Waals surface area contributed by atoms with Gasteiger partial charge >= 0.3 is 6.09 Å². The van der Waals surface area contributed by atoms with Gasteiger partial charge in [-0.1, -0.05) is 74.2 Å². The Kier molecular flexibility index (Phi) is 22.1. The van der Waals surface area contributed by atoms with Gasteiger partial charge in [0.2, 0.25) is 35.4 Å². The molecule has 0 aromatic heterocycles. The molecule has 12 rings (SSSR count). The van der Waals surface area contributed by atoms with Crippen molar-refractivity contribution in [2.75, 3.05) is 88.3 Å². The zero-order chi connectivity index (χ0) is 74.2. The number of hydrogen-bond acceptors (Lipinski definition) is 18. The van der Waals surface area contributed by atoms with Crippen molar-refractivity contribution >= 4 is 81.7 Å². The lowest BCUT2D eigenvalue weighted by atomic mass is 10.0. The fourth-order valence-corrected chi connectivity index (χ4v) is 13.6. The maximum atomic E-state index is 14.5. The maximum Gasteiger partial charge on any atom is 0.416 e. The van der Waals surface area contributed by atoms with Crippen molar-refractivity contribution in [3.8, 4) is 46.3 Å². The van der Waals surface area contributed by atoms with E-state index in [1.165, 1.54) is 33.3 Å². The quantitative estimate of drug-likeness (QED) is 0.0207. The smallest absolute Gasteiger partial charge is 0.416 e. The van der Waals surface area contributed by atoms with Crippen LogP contribution in [0.5, 0.6) is 34.5 Å². The molecule has 6 aliphatic rings. The summed E-state index contributed by atoms with van der Waals surface area (Å²) in [5.74, 6) is 4.14. The average molecular weight is 1430 g/mol. The van der Waals surface area contributed by atoms with Crippen molar-refractivity contribution in [3.05, 3.63) is 160 Å². The zero-order valence-electron chi connectivity index (χ0n) is 59.4. The van der Waals surface area contributed by atoms with Crippen LogP contribution in [0.2, 0.25) is 0 Å². The van der Waals surface area contributed by atoms with Crippen LogP contribution in [0.1, 0.15) is 114 Å². The first kappa shape index (κ1) is 73.0. The third-order valence-corrected chi connectivity index (χ3v) is 19.6. The predicted molar refractivity (Wildman–Crippen MR) is 387 cm³/mol. The lowest BCUT2D eigenvalue weighted by molar-refractivity contribution is -0.132. The van der Waals surface area contributed by atoms with E-state index in [9.17, 15) is 48.3 Å². The number of aliphatic hydroxyl groups is 1. The molecule has 6 aromatic rings. The molecule has 5 heterocycles. The van der Waals surface area contributed by atoms with Crippen LogP contribution in [-0.4, -0.2) is 166 Å².